The Balaban J connectivity index is 1.56. The first kappa shape index (κ1) is 20.1. The van der Waals surface area contributed by atoms with Crippen LogP contribution in [0.3, 0.4) is 0 Å². The molecule has 1 amide bonds. The number of rotatable bonds is 7. The number of nitrogens with zero attached hydrogens (tertiary/aromatic N) is 4. The lowest BCUT2D eigenvalue weighted by Gasteiger charge is -2.09. The summed E-state index contributed by atoms with van der Waals surface area (Å²) in [4.78, 5) is 24.9. The van der Waals surface area contributed by atoms with Crippen LogP contribution in [0.1, 0.15) is 23.2 Å². The summed E-state index contributed by atoms with van der Waals surface area (Å²) < 4.78 is 31.9. The maximum Gasteiger partial charge on any atom is 0.340 e. The molecule has 0 unspecified atom stereocenters. The molecule has 0 aliphatic carbocycles. The van der Waals surface area contributed by atoms with Gasteiger partial charge in [-0.1, -0.05) is 30.3 Å². The second-order valence-electron chi connectivity index (χ2n) is 6.03. The summed E-state index contributed by atoms with van der Waals surface area (Å²) in [6.45, 7) is 0.326. The molecule has 0 bridgehead atoms. The highest BCUT2D eigenvalue weighted by Gasteiger charge is 2.18. The zero-order chi connectivity index (χ0) is 20.8. The number of methoxy groups -OCH3 is 1. The van der Waals surface area contributed by atoms with Gasteiger partial charge in [-0.05, 0) is 17.7 Å². The number of halogens is 2. The van der Waals surface area contributed by atoms with E-state index in [9.17, 15) is 18.4 Å². The summed E-state index contributed by atoms with van der Waals surface area (Å²) in [6, 6.07) is 10.7. The van der Waals surface area contributed by atoms with E-state index in [4.69, 9.17) is 0 Å². The average Bonchev–Trinajstić information content (AvgIpc) is 3.19. The first-order valence-electron chi connectivity index (χ1n) is 8.68. The number of amides is 1. The number of benzene rings is 2. The summed E-state index contributed by atoms with van der Waals surface area (Å²) in [7, 11) is 1.07. The van der Waals surface area contributed by atoms with Crippen molar-refractivity contribution in [2.75, 3.05) is 12.4 Å². The van der Waals surface area contributed by atoms with Gasteiger partial charge in [0.15, 0.2) is 0 Å². The number of carbonyl (C=O) groups excluding carboxylic acids is 2. The number of anilines is 1. The van der Waals surface area contributed by atoms with Gasteiger partial charge in [0.1, 0.15) is 11.6 Å². The SMILES string of the molecule is COC(=O)c1cc(NC(=O)CCCn2nnc(-c3ccccc3)n2)c(F)cc1F. The van der Waals surface area contributed by atoms with Crippen molar-refractivity contribution in [3.8, 4) is 11.4 Å². The normalized spacial score (nSPS) is 10.6. The largest absolute Gasteiger partial charge is 0.465 e. The number of aromatic nitrogens is 4. The van der Waals surface area contributed by atoms with E-state index in [1.54, 1.807) is 0 Å². The lowest BCUT2D eigenvalue weighted by Crippen LogP contribution is -2.15. The third kappa shape index (κ3) is 4.98. The van der Waals surface area contributed by atoms with Crippen LogP contribution in [0, 0.1) is 11.6 Å². The molecule has 0 spiro atoms. The van der Waals surface area contributed by atoms with Gasteiger partial charge >= 0.3 is 5.97 Å². The minimum atomic E-state index is -1.07. The maximum absolute atomic E-state index is 13.9. The van der Waals surface area contributed by atoms with Crippen LogP contribution >= 0.6 is 0 Å². The van der Waals surface area contributed by atoms with E-state index in [0.717, 1.165) is 18.7 Å². The van der Waals surface area contributed by atoms with E-state index in [1.807, 2.05) is 30.3 Å². The van der Waals surface area contributed by atoms with Crippen LogP contribution < -0.4 is 5.32 Å². The van der Waals surface area contributed by atoms with E-state index >= 15 is 0 Å². The fraction of sp³-hybridized carbons (Fsp3) is 0.211. The average molecular weight is 401 g/mol. The smallest absolute Gasteiger partial charge is 0.340 e. The van der Waals surface area contributed by atoms with Crippen LogP contribution in [-0.2, 0) is 16.1 Å². The zero-order valence-corrected chi connectivity index (χ0v) is 15.4. The molecule has 0 fully saturated rings. The van der Waals surface area contributed by atoms with E-state index in [-0.39, 0.29) is 12.1 Å². The van der Waals surface area contributed by atoms with Crippen LogP contribution in [0.2, 0.25) is 0 Å². The molecule has 3 aromatic rings. The Morgan fingerprint density at radius 2 is 1.90 bits per heavy atom. The van der Waals surface area contributed by atoms with Crippen molar-refractivity contribution in [2.24, 2.45) is 0 Å². The third-order valence-corrected chi connectivity index (χ3v) is 3.98. The van der Waals surface area contributed by atoms with Gasteiger partial charge in [-0.25, -0.2) is 13.6 Å². The monoisotopic (exact) mass is 401 g/mol. The number of hydrogen-bond acceptors (Lipinski definition) is 6. The van der Waals surface area contributed by atoms with Gasteiger partial charge in [-0.3, -0.25) is 4.79 Å². The number of ether oxygens (including phenoxy) is 1. The first-order valence-corrected chi connectivity index (χ1v) is 8.68. The van der Waals surface area contributed by atoms with Crippen LogP contribution in [0.5, 0.6) is 0 Å². The number of hydrogen-bond donors (Lipinski definition) is 1. The van der Waals surface area contributed by atoms with Crippen molar-refractivity contribution in [2.45, 2.75) is 19.4 Å². The standard InChI is InChI=1S/C19H17F2N5O3/c1-29-19(28)13-10-16(15(21)11-14(13)20)22-17(27)8-5-9-26-24-18(23-25-26)12-6-3-2-4-7-12/h2-4,6-7,10-11H,5,8-9H2,1H3,(H,22,27). The number of tetrazole rings is 1. The Morgan fingerprint density at radius 1 is 1.14 bits per heavy atom. The molecule has 0 atom stereocenters. The van der Waals surface area contributed by atoms with Crippen LogP contribution in [0.25, 0.3) is 11.4 Å². The number of nitrogens with one attached hydrogen (secondary N) is 1. The van der Waals surface area contributed by atoms with Gasteiger partial charge in [0.05, 0.1) is 24.9 Å². The molecule has 0 aliphatic heterocycles. The van der Waals surface area contributed by atoms with Crippen LogP contribution in [0.4, 0.5) is 14.5 Å². The zero-order valence-electron chi connectivity index (χ0n) is 15.4. The van der Waals surface area contributed by atoms with E-state index in [1.165, 1.54) is 4.80 Å². The number of esters is 1. The molecule has 10 heteroatoms. The highest BCUT2D eigenvalue weighted by atomic mass is 19.1. The van der Waals surface area contributed by atoms with Gasteiger partial charge < -0.3 is 10.1 Å². The summed E-state index contributed by atoms with van der Waals surface area (Å²) in [5.74, 6) is -3.06. The Morgan fingerprint density at radius 3 is 2.62 bits per heavy atom. The Kier molecular flexibility index (Phi) is 6.22. The van der Waals surface area contributed by atoms with E-state index < -0.39 is 29.1 Å². The highest BCUT2D eigenvalue weighted by Crippen LogP contribution is 2.20. The molecular formula is C19H17F2N5O3. The fourth-order valence-electron chi connectivity index (χ4n) is 2.55. The molecule has 29 heavy (non-hydrogen) atoms. The number of carbonyl (C=O) groups is 2. The molecule has 2 aromatic carbocycles. The Hall–Kier alpha value is -3.69. The van der Waals surface area contributed by atoms with Crippen LogP contribution in [-0.4, -0.2) is 39.2 Å². The minimum Gasteiger partial charge on any atom is -0.465 e. The predicted octanol–water partition coefficient (Wildman–Crippen LogP) is 2.82. The van der Waals surface area contributed by atoms with Crippen molar-refractivity contribution in [3.63, 3.8) is 0 Å². The van der Waals surface area contributed by atoms with Crippen molar-refractivity contribution >= 4 is 17.6 Å². The third-order valence-electron chi connectivity index (χ3n) is 3.98. The van der Waals surface area contributed by atoms with Gasteiger partial charge in [-0.2, -0.15) is 4.80 Å². The molecule has 0 radical (unpaired) electrons. The molecule has 0 saturated heterocycles. The Bertz CT molecular complexity index is 1020. The van der Waals surface area contributed by atoms with E-state index in [2.05, 4.69) is 25.5 Å². The molecule has 0 aliphatic rings. The lowest BCUT2D eigenvalue weighted by atomic mass is 10.1. The minimum absolute atomic E-state index is 0.0343. The Labute approximate surface area is 164 Å². The van der Waals surface area contributed by atoms with Crippen molar-refractivity contribution < 1.29 is 23.1 Å². The van der Waals surface area contributed by atoms with Gasteiger partial charge in [0.2, 0.25) is 11.7 Å². The molecule has 1 aromatic heterocycles. The summed E-state index contributed by atoms with van der Waals surface area (Å²) in [5, 5.41) is 14.4. The van der Waals surface area contributed by atoms with Crippen molar-refractivity contribution in [1.29, 1.82) is 0 Å². The van der Waals surface area contributed by atoms with E-state index in [0.29, 0.717) is 24.9 Å². The van der Waals surface area contributed by atoms with Crippen molar-refractivity contribution in [1.82, 2.24) is 20.2 Å². The summed E-state index contributed by atoms with van der Waals surface area (Å²) in [6.07, 6.45) is 0.398. The number of aryl methyl sites for hydroxylation is 1. The molecule has 1 heterocycles. The highest BCUT2D eigenvalue weighted by molar-refractivity contribution is 5.94. The van der Waals surface area contributed by atoms with Crippen molar-refractivity contribution in [3.05, 3.63) is 59.7 Å². The first-order chi connectivity index (χ1) is 14.0. The topological polar surface area (TPSA) is 99.0 Å². The molecule has 3 rings (SSSR count). The fourth-order valence-corrected chi connectivity index (χ4v) is 2.55. The summed E-state index contributed by atoms with van der Waals surface area (Å²) >= 11 is 0. The quantitative estimate of drug-likeness (QED) is 0.611. The predicted molar refractivity (Wildman–Crippen MR) is 98.8 cm³/mol. The van der Waals surface area contributed by atoms with Gasteiger partial charge in [0.25, 0.3) is 0 Å². The second kappa shape index (κ2) is 9.00. The maximum atomic E-state index is 13.9. The molecular weight excluding hydrogens is 384 g/mol. The lowest BCUT2D eigenvalue weighted by molar-refractivity contribution is -0.116. The molecule has 1 N–H and O–H groups in total. The molecule has 0 saturated carbocycles. The van der Waals surface area contributed by atoms with Gasteiger partial charge in [0, 0.05) is 18.1 Å². The molecule has 150 valence electrons. The second-order valence-corrected chi connectivity index (χ2v) is 6.03. The molecule has 8 nitrogen and oxygen atoms in total. The van der Waals surface area contributed by atoms with Crippen LogP contribution in [0.15, 0.2) is 42.5 Å². The summed E-state index contributed by atoms with van der Waals surface area (Å²) in [5.41, 5.74) is 0.0520. The van der Waals surface area contributed by atoms with Gasteiger partial charge in [-0.15, -0.1) is 10.2 Å².